The molecule has 1 aliphatic heterocycles. The van der Waals surface area contributed by atoms with Crippen LogP contribution in [0.3, 0.4) is 0 Å². The van der Waals surface area contributed by atoms with Gasteiger partial charge in [0, 0.05) is 24.7 Å². The van der Waals surface area contributed by atoms with E-state index in [1.54, 1.807) is 12.1 Å². The molecule has 1 aliphatic rings. The standard InChI is InChI=1S/C15H20FNO3/c1-2-14(12-5-3-4-6-13(12)16)17-7-8-20-11(10-17)9-15(18)19/h3-6,11,14H,2,7-10H2,1H3,(H,18,19). The number of nitrogens with zero attached hydrogens (tertiary/aromatic N) is 1. The highest BCUT2D eigenvalue weighted by molar-refractivity contribution is 5.67. The number of ether oxygens (including phenoxy) is 1. The van der Waals surface area contributed by atoms with Gasteiger partial charge in [0.05, 0.1) is 19.1 Å². The van der Waals surface area contributed by atoms with Crippen molar-refractivity contribution < 1.29 is 19.0 Å². The lowest BCUT2D eigenvalue weighted by Crippen LogP contribution is -2.45. The molecule has 1 fully saturated rings. The summed E-state index contributed by atoms with van der Waals surface area (Å²) in [6, 6.07) is 6.74. The molecule has 1 aromatic carbocycles. The van der Waals surface area contributed by atoms with E-state index in [2.05, 4.69) is 4.90 Å². The summed E-state index contributed by atoms with van der Waals surface area (Å²) in [6.07, 6.45) is 0.451. The number of carboxylic acid groups (broad SMARTS) is 1. The Labute approximate surface area is 118 Å². The molecule has 2 atom stereocenters. The molecule has 0 radical (unpaired) electrons. The van der Waals surface area contributed by atoms with E-state index in [0.717, 1.165) is 6.42 Å². The van der Waals surface area contributed by atoms with E-state index in [-0.39, 0.29) is 24.4 Å². The van der Waals surface area contributed by atoms with E-state index in [9.17, 15) is 9.18 Å². The van der Waals surface area contributed by atoms with E-state index in [1.165, 1.54) is 6.07 Å². The Hall–Kier alpha value is -1.46. The number of carboxylic acids is 1. The Balaban J connectivity index is 2.11. The second-order valence-electron chi connectivity index (χ2n) is 5.03. The smallest absolute Gasteiger partial charge is 0.306 e. The molecule has 1 heterocycles. The van der Waals surface area contributed by atoms with Crippen LogP contribution in [0.2, 0.25) is 0 Å². The topological polar surface area (TPSA) is 49.8 Å². The highest BCUT2D eigenvalue weighted by Gasteiger charge is 2.28. The third-order valence-electron chi connectivity index (χ3n) is 3.66. The van der Waals surface area contributed by atoms with Crippen LogP contribution in [0.4, 0.5) is 4.39 Å². The highest BCUT2D eigenvalue weighted by atomic mass is 19.1. The number of morpholine rings is 1. The van der Waals surface area contributed by atoms with Crippen LogP contribution in [-0.2, 0) is 9.53 Å². The molecule has 0 aliphatic carbocycles. The zero-order valence-corrected chi connectivity index (χ0v) is 11.6. The summed E-state index contributed by atoms with van der Waals surface area (Å²) in [6.45, 7) is 3.73. The number of hydrogen-bond donors (Lipinski definition) is 1. The second-order valence-corrected chi connectivity index (χ2v) is 5.03. The minimum atomic E-state index is -0.865. The predicted octanol–water partition coefficient (Wildman–Crippen LogP) is 2.45. The van der Waals surface area contributed by atoms with Gasteiger partial charge in [-0.05, 0) is 12.5 Å². The minimum absolute atomic E-state index is 0.00972. The summed E-state index contributed by atoms with van der Waals surface area (Å²) in [7, 11) is 0. The summed E-state index contributed by atoms with van der Waals surface area (Å²) in [5, 5.41) is 8.85. The number of aliphatic carboxylic acids is 1. The Kier molecular flexibility index (Phi) is 5.09. The van der Waals surface area contributed by atoms with Gasteiger partial charge >= 0.3 is 5.97 Å². The molecule has 0 saturated carbocycles. The van der Waals surface area contributed by atoms with Crippen LogP contribution in [-0.4, -0.2) is 41.8 Å². The molecular weight excluding hydrogens is 261 g/mol. The summed E-state index contributed by atoms with van der Waals surface area (Å²) in [5.74, 6) is -1.07. The maximum Gasteiger partial charge on any atom is 0.306 e. The van der Waals surface area contributed by atoms with Crippen molar-refractivity contribution in [3.8, 4) is 0 Å². The van der Waals surface area contributed by atoms with Crippen LogP contribution in [0, 0.1) is 5.82 Å². The molecule has 2 rings (SSSR count). The Morgan fingerprint density at radius 3 is 2.95 bits per heavy atom. The Morgan fingerprint density at radius 2 is 2.30 bits per heavy atom. The van der Waals surface area contributed by atoms with Crippen LogP contribution >= 0.6 is 0 Å². The second kappa shape index (κ2) is 6.81. The molecule has 4 nitrogen and oxygen atoms in total. The van der Waals surface area contributed by atoms with Crippen molar-refractivity contribution in [3.63, 3.8) is 0 Å². The fourth-order valence-electron chi connectivity index (χ4n) is 2.76. The maximum atomic E-state index is 13.9. The minimum Gasteiger partial charge on any atom is -0.481 e. The molecule has 2 unspecified atom stereocenters. The lowest BCUT2D eigenvalue weighted by atomic mass is 10.0. The van der Waals surface area contributed by atoms with E-state index < -0.39 is 5.97 Å². The van der Waals surface area contributed by atoms with Crippen LogP contribution in [0.5, 0.6) is 0 Å². The zero-order valence-electron chi connectivity index (χ0n) is 11.6. The van der Waals surface area contributed by atoms with Crippen molar-refractivity contribution in [2.45, 2.75) is 31.9 Å². The molecule has 0 aromatic heterocycles. The summed E-state index contributed by atoms with van der Waals surface area (Å²) in [5.41, 5.74) is 0.672. The lowest BCUT2D eigenvalue weighted by Gasteiger charge is -2.38. The molecule has 5 heteroatoms. The van der Waals surface area contributed by atoms with Gasteiger partial charge in [0.15, 0.2) is 0 Å². The van der Waals surface area contributed by atoms with E-state index in [0.29, 0.717) is 25.3 Å². The monoisotopic (exact) mass is 281 g/mol. The van der Waals surface area contributed by atoms with Gasteiger partial charge in [-0.15, -0.1) is 0 Å². The largest absolute Gasteiger partial charge is 0.481 e. The normalized spacial score (nSPS) is 21.6. The maximum absolute atomic E-state index is 13.9. The quantitative estimate of drug-likeness (QED) is 0.900. The summed E-state index contributed by atoms with van der Waals surface area (Å²) >= 11 is 0. The first-order valence-electron chi connectivity index (χ1n) is 6.93. The van der Waals surface area contributed by atoms with Crippen molar-refractivity contribution >= 4 is 5.97 Å². The molecule has 1 N–H and O–H groups in total. The average molecular weight is 281 g/mol. The first-order valence-corrected chi connectivity index (χ1v) is 6.93. The summed E-state index contributed by atoms with van der Waals surface area (Å²) in [4.78, 5) is 12.9. The third-order valence-corrected chi connectivity index (χ3v) is 3.66. The fraction of sp³-hybridized carbons (Fsp3) is 0.533. The first-order chi connectivity index (χ1) is 9.61. The van der Waals surface area contributed by atoms with E-state index in [4.69, 9.17) is 9.84 Å². The molecule has 1 aromatic rings. The Morgan fingerprint density at radius 1 is 1.55 bits per heavy atom. The molecule has 1 saturated heterocycles. The zero-order chi connectivity index (χ0) is 14.5. The van der Waals surface area contributed by atoms with Crippen molar-refractivity contribution in [1.82, 2.24) is 4.90 Å². The van der Waals surface area contributed by atoms with Crippen molar-refractivity contribution in [2.75, 3.05) is 19.7 Å². The van der Waals surface area contributed by atoms with Gasteiger partial charge in [-0.3, -0.25) is 9.69 Å². The first kappa shape index (κ1) is 14.9. The van der Waals surface area contributed by atoms with Gasteiger partial charge in [-0.1, -0.05) is 25.1 Å². The number of hydrogen-bond acceptors (Lipinski definition) is 3. The highest BCUT2D eigenvalue weighted by Crippen LogP contribution is 2.28. The van der Waals surface area contributed by atoms with Crippen LogP contribution in [0.25, 0.3) is 0 Å². The van der Waals surface area contributed by atoms with Crippen LogP contribution in [0.15, 0.2) is 24.3 Å². The third kappa shape index (κ3) is 3.55. The molecule has 0 amide bonds. The molecule has 0 bridgehead atoms. The van der Waals surface area contributed by atoms with Crippen molar-refractivity contribution in [2.24, 2.45) is 0 Å². The predicted molar refractivity (Wildman–Crippen MR) is 73.0 cm³/mol. The lowest BCUT2D eigenvalue weighted by molar-refractivity contribution is -0.142. The van der Waals surface area contributed by atoms with Gasteiger partial charge in [0.1, 0.15) is 5.82 Å². The van der Waals surface area contributed by atoms with Crippen LogP contribution < -0.4 is 0 Å². The Bertz CT molecular complexity index is 466. The van der Waals surface area contributed by atoms with Gasteiger partial charge in [0.2, 0.25) is 0 Å². The molecule has 110 valence electrons. The van der Waals surface area contributed by atoms with E-state index in [1.807, 2.05) is 13.0 Å². The summed E-state index contributed by atoms with van der Waals surface area (Å²) < 4.78 is 19.4. The van der Waals surface area contributed by atoms with Gasteiger partial charge < -0.3 is 9.84 Å². The van der Waals surface area contributed by atoms with E-state index >= 15 is 0 Å². The van der Waals surface area contributed by atoms with Crippen molar-refractivity contribution in [3.05, 3.63) is 35.6 Å². The molecule has 0 spiro atoms. The van der Waals surface area contributed by atoms with Crippen LogP contribution in [0.1, 0.15) is 31.4 Å². The SMILES string of the molecule is CCC(c1ccccc1F)N1CCOC(CC(=O)O)C1. The van der Waals surface area contributed by atoms with Crippen molar-refractivity contribution in [1.29, 1.82) is 0 Å². The van der Waals surface area contributed by atoms with Gasteiger partial charge in [-0.25, -0.2) is 4.39 Å². The fourth-order valence-corrected chi connectivity index (χ4v) is 2.76. The number of halogens is 1. The number of benzene rings is 1. The number of rotatable bonds is 5. The average Bonchev–Trinajstić information content (AvgIpc) is 2.41. The van der Waals surface area contributed by atoms with Gasteiger partial charge in [-0.2, -0.15) is 0 Å². The molecule has 20 heavy (non-hydrogen) atoms. The van der Waals surface area contributed by atoms with Gasteiger partial charge in [0.25, 0.3) is 0 Å². The number of carbonyl (C=O) groups is 1. The molecular formula is C15H20FNO3.